The first kappa shape index (κ1) is 26.3. The molecule has 0 aliphatic rings. The number of carbonyl (C=O) groups excluding carboxylic acids is 3. The lowest BCUT2D eigenvalue weighted by molar-refractivity contribution is -0.155. The fourth-order valence-electron chi connectivity index (χ4n) is 2.69. The standard InChI is InChI=1S/C22H26ClN3O6S/c1-13(2)20(26-33(30,31)19-11-5-16(23)6-12-19)22(29)32-14(3)21(28)25-18-9-7-17(8-10-18)24-15(4)27/h5-14,20,26H,1-4H3,(H,24,27)(H,25,28)/t14-,20-/m0/s1. The zero-order chi connectivity index (χ0) is 24.8. The predicted molar refractivity (Wildman–Crippen MR) is 125 cm³/mol. The summed E-state index contributed by atoms with van der Waals surface area (Å²) in [5.41, 5.74) is 0.994. The van der Waals surface area contributed by atoms with Gasteiger partial charge >= 0.3 is 5.97 Å². The van der Waals surface area contributed by atoms with E-state index in [1.807, 2.05) is 0 Å². The van der Waals surface area contributed by atoms with Gasteiger partial charge in [0.1, 0.15) is 6.04 Å². The van der Waals surface area contributed by atoms with E-state index in [2.05, 4.69) is 15.4 Å². The fourth-order valence-corrected chi connectivity index (χ4v) is 4.15. The number of hydrogen-bond acceptors (Lipinski definition) is 6. The molecule has 0 saturated carbocycles. The number of rotatable bonds is 9. The van der Waals surface area contributed by atoms with Gasteiger partial charge in [-0.3, -0.25) is 14.4 Å². The van der Waals surface area contributed by atoms with Crippen LogP contribution in [0.2, 0.25) is 5.02 Å². The molecular weight excluding hydrogens is 470 g/mol. The highest BCUT2D eigenvalue weighted by molar-refractivity contribution is 7.89. The quantitative estimate of drug-likeness (QED) is 0.458. The Morgan fingerprint density at radius 3 is 1.88 bits per heavy atom. The average molecular weight is 496 g/mol. The summed E-state index contributed by atoms with van der Waals surface area (Å²) in [5, 5.41) is 5.58. The lowest BCUT2D eigenvalue weighted by atomic mass is 10.1. The monoisotopic (exact) mass is 495 g/mol. The van der Waals surface area contributed by atoms with Crippen molar-refractivity contribution in [2.45, 2.75) is 44.7 Å². The molecule has 0 aliphatic carbocycles. The second kappa shape index (κ2) is 11.3. The molecule has 0 aliphatic heterocycles. The molecule has 0 radical (unpaired) electrons. The SMILES string of the molecule is CC(=O)Nc1ccc(NC(=O)[C@H](C)OC(=O)[C@@H](NS(=O)(=O)c2ccc(Cl)cc2)C(C)C)cc1. The Labute approximate surface area is 197 Å². The number of ether oxygens (including phenoxy) is 1. The number of halogens is 1. The minimum absolute atomic E-state index is 0.0566. The molecule has 0 fully saturated rings. The minimum atomic E-state index is -4.02. The zero-order valence-corrected chi connectivity index (χ0v) is 20.2. The fraction of sp³-hybridized carbons (Fsp3) is 0.318. The molecule has 2 aromatic rings. The van der Waals surface area contributed by atoms with Crippen LogP contribution < -0.4 is 15.4 Å². The normalized spacial score (nSPS) is 13.2. The molecule has 3 N–H and O–H groups in total. The van der Waals surface area contributed by atoms with Crippen molar-refractivity contribution in [3.05, 3.63) is 53.6 Å². The second-order valence-electron chi connectivity index (χ2n) is 7.62. The summed E-state index contributed by atoms with van der Waals surface area (Å²) < 4.78 is 32.9. The third-order valence-corrected chi connectivity index (χ3v) is 6.17. The Balaban J connectivity index is 2.03. The number of anilines is 2. The van der Waals surface area contributed by atoms with Crippen LogP contribution in [0, 0.1) is 5.92 Å². The van der Waals surface area contributed by atoms with E-state index in [1.54, 1.807) is 38.1 Å². The number of amides is 2. The van der Waals surface area contributed by atoms with Crippen LogP contribution >= 0.6 is 11.6 Å². The number of hydrogen-bond donors (Lipinski definition) is 3. The van der Waals surface area contributed by atoms with Crippen LogP contribution in [-0.2, 0) is 29.1 Å². The third-order valence-electron chi connectivity index (χ3n) is 4.46. The molecule has 2 amide bonds. The Bertz CT molecular complexity index is 1100. The van der Waals surface area contributed by atoms with Crippen molar-refractivity contribution >= 4 is 50.8 Å². The smallest absolute Gasteiger partial charge is 0.325 e. The van der Waals surface area contributed by atoms with E-state index in [1.165, 1.54) is 38.1 Å². The van der Waals surface area contributed by atoms with Crippen LogP contribution in [-0.4, -0.2) is 38.3 Å². The first-order valence-corrected chi connectivity index (χ1v) is 11.9. The van der Waals surface area contributed by atoms with Crippen molar-refractivity contribution in [3.63, 3.8) is 0 Å². The average Bonchev–Trinajstić information content (AvgIpc) is 2.73. The third kappa shape index (κ3) is 7.85. The highest BCUT2D eigenvalue weighted by Gasteiger charge is 2.32. The lowest BCUT2D eigenvalue weighted by Crippen LogP contribution is -2.47. The first-order chi connectivity index (χ1) is 15.4. The van der Waals surface area contributed by atoms with Crippen molar-refractivity contribution in [3.8, 4) is 0 Å². The van der Waals surface area contributed by atoms with E-state index in [0.29, 0.717) is 16.4 Å². The van der Waals surface area contributed by atoms with Crippen LogP contribution in [0.1, 0.15) is 27.7 Å². The van der Waals surface area contributed by atoms with Gasteiger partial charge in [0.05, 0.1) is 4.90 Å². The van der Waals surface area contributed by atoms with Gasteiger partial charge in [-0.2, -0.15) is 4.72 Å². The number of esters is 1. The number of benzene rings is 2. The number of nitrogens with one attached hydrogen (secondary N) is 3. The van der Waals surface area contributed by atoms with E-state index in [-0.39, 0.29) is 10.8 Å². The van der Waals surface area contributed by atoms with E-state index < -0.39 is 40.0 Å². The molecule has 11 heteroatoms. The van der Waals surface area contributed by atoms with Crippen molar-refractivity contribution in [2.75, 3.05) is 10.6 Å². The van der Waals surface area contributed by atoms with E-state index in [9.17, 15) is 22.8 Å². The highest BCUT2D eigenvalue weighted by Crippen LogP contribution is 2.17. The summed E-state index contributed by atoms with van der Waals surface area (Å²) in [6.45, 7) is 6.06. The molecule has 9 nitrogen and oxygen atoms in total. The van der Waals surface area contributed by atoms with Gasteiger partial charge in [0.25, 0.3) is 5.91 Å². The van der Waals surface area contributed by atoms with Gasteiger partial charge in [0.15, 0.2) is 6.10 Å². The highest BCUT2D eigenvalue weighted by atomic mass is 35.5. The van der Waals surface area contributed by atoms with E-state index >= 15 is 0 Å². The molecule has 0 heterocycles. The molecular formula is C22H26ClN3O6S. The maximum absolute atomic E-state index is 12.7. The van der Waals surface area contributed by atoms with Crippen molar-refractivity contribution in [1.82, 2.24) is 4.72 Å². The van der Waals surface area contributed by atoms with Gasteiger partial charge in [-0.1, -0.05) is 25.4 Å². The van der Waals surface area contributed by atoms with E-state index in [4.69, 9.17) is 16.3 Å². The summed E-state index contributed by atoms with van der Waals surface area (Å²) >= 11 is 5.80. The van der Waals surface area contributed by atoms with E-state index in [0.717, 1.165) is 0 Å². The maximum Gasteiger partial charge on any atom is 0.325 e. The molecule has 2 aromatic carbocycles. The summed E-state index contributed by atoms with van der Waals surface area (Å²) in [7, 11) is -4.02. The van der Waals surface area contributed by atoms with Gasteiger partial charge in [-0.05, 0) is 61.4 Å². The van der Waals surface area contributed by atoms with Crippen LogP contribution in [0.5, 0.6) is 0 Å². The Morgan fingerprint density at radius 1 is 0.879 bits per heavy atom. The van der Waals surface area contributed by atoms with Crippen LogP contribution in [0.4, 0.5) is 11.4 Å². The summed E-state index contributed by atoms with van der Waals surface area (Å²) in [5.74, 6) is -2.15. The molecule has 0 aromatic heterocycles. The summed E-state index contributed by atoms with van der Waals surface area (Å²) in [4.78, 5) is 36.1. The Kier molecular flexibility index (Phi) is 8.98. The topological polar surface area (TPSA) is 131 Å². The largest absolute Gasteiger partial charge is 0.451 e. The van der Waals surface area contributed by atoms with Crippen LogP contribution in [0.15, 0.2) is 53.4 Å². The molecule has 0 spiro atoms. The van der Waals surface area contributed by atoms with Crippen molar-refractivity contribution < 1.29 is 27.5 Å². The van der Waals surface area contributed by atoms with Gasteiger partial charge in [-0.25, -0.2) is 8.42 Å². The van der Waals surface area contributed by atoms with Crippen molar-refractivity contribution in [1.29, 1.82) is 0 Å². The van der Waals surface area contributed by atoms with Crippen LogP contribution in [0.25, 0.3) is 0 Å². The number of sulfonamides is 1. The van der Waals surface area contributed by atoms with Crippen molar-refractivity contribution in [2.24, 2.45) is 5.92 Å². The maximum atomic E-state index is 12.7. The summed E-state index contributed by atoms with van der Waals surface area (Å²) in [6.07, 6.45) is -1.19. The molecule has 0 unspecified atom stereocenters. The Morgan fingerprint density at radius 2 is 1.39 bits per heavy atom. The number of carbonyl (C=O) groups is 3. The predicted octanol–water partition coefficient (Wildman–Crippen LogP) is 3.17. The summed E-state index contributed by atoms with van der Waals surface area (Å²) in [6, 6.07) is 10.6. The van der Waals surface area contributed by atoms with Gasteiger partial charge in [0, 0.05) is 23.3 Å². The molecule has 33 heavy (non-hydrogen) atoms. The zero-order valence-electron chi connectivity index (χ0n) is 18.6. The van der Waals surface area contributed by atoms with Gasteiger partial charge in [-0.15, -0.1) is 0 Å². The molecule has 0 saturated heterocycles. The lowest BCUT2D eigenvalue weighted by Gasteiger charge is -2.23. The first-order valence-electron chi connectivity index (χ1n) is 10.1. The van der Waals surface area contributed by atoms with Gasteiger partial charge < -0.3 is 15.4 Å². The van der Waals surface area contributed by atoms with Gasteiger partial charge in [0.2, 0.25) is 15.9 Å². The molecule has 2 rings (SSSR count). The molecule has 0 bridgehead atoms. The second-order valence-corrected chi connectivity index (χ2v) is 9.77. The molecule has 2 atom stereocenters. The van der Waals surface area contributed by atoms with Crippen LogP contribution in [0.3, 0.4) is 0 Å². The minimum Gasteiger partial charge on any atom is -0.451 e. The Hall–Kier alpha value is -2.95. The molecule has 178 valence electrons.